The number of nitrogens with zero attached hydrogens (tertiary/aromatic N) is 7. The van der Waals surface area contributed by atoms with Crippen molar-refractivity contribution >= 4 is 5.65 Å². The summed E-state index contributed by atoms with van der Waals surface area (Å²) in [5.74, 6) is 0.861. The summed E-state index contributed by atoms with van der Waals surface area (Å²) in [6, 6.07) is 3.75. The highest BCUT2D eigenvalue weighted by atomic mass is 16.5. The lowest BCUT2D eigenvalue weighted by Crippen LogP contribution is -1.98. The summed E-state index contributed by atoms with van der Waals surface area (Å²) >= 11 is 0. The second kappa shape index (κ2) is 4.48. The summed E-state index contributed by atoms with van der Waals surface area (Å²) in [4.78, 5) is 8.75. The summed E-state index contributed by atoms with van der Waals surface area (Å²) in [6.45, 7) is 3.91. The van der Waals surface area contributed by atoms with Crippen LogP contribution in [0.1, 0.15) is 11.4 Å². The Hall–Kier alpha value is -3.03. The molecule has 0 amide bonds. The lowest BCUT2D eigenvalue weighted by atomic mass is 10.2. The molecule has 0 aliphatic heterocycles. The van der Waals surface area contributed by atoms with Crippen LogP contribution < -0.4 is 0 Å². The van der Waals surface area contributed by atoms with Crippen LogP contribution in [-0.4, -0.2) is 34.5 Å². The molecule has 0 spiro atoms. The van der Waals surface area contributed by atoms with Crippen LogP contribution >= 0.6 is 0 Å². The van der Waals surface area contributed by atoms with Gasteiger partial charge in [-0.1, -0.05) is 5.16 Å². The first-order valence-corrected chi connectivity index (χ1v) is 6.78. The van der Waals surface area contributed by atoms with E-state index in [1.165, 1.54) is 0 Å². The first-order chi connectivity index (χ1) is 10.6. The van der Waals surface area contributed by atoms with E-state index in [4.69, 9.17) is 4.52 Å². The van der Waals surface area contributed by atoms with Gasteiger partial charge in [0, 0.05) is 25.0 Å². The summed E-state index contributed by atoms with van der Waals surface area (Å²) in [5, 5.41) is 12.6. The quantitative estimate of drug-likeness (QED) is 0.560. The lowest BCUT2D eigenvalue weighted by Gasteiger charge is -2.02. The molecule has 0 N–H and O–H groups in total. The van der Waals surface area contributed by atoms with E-state index < -0.39 is 0 Å². The topological polar surface area (TPSA) is 86.9 Å². The number of aryl methyl sites for hydroxylation is 3. The monoisotopic (exact) mass is 295 g/mol. The fraction of sp³-hybridized carbons (Fsp3) is 0.214. The molecule has 4 heterocycles. The van der Waals surface area contributed by atoms with Gasteiger partial charge in [0.05, 0.1) is 17.5 Å². The molecule has 0 aliphatic rings. The maximum Gasteiger partial charge on any atom is 0.261 e. The van der Waals surface area contributed by atoms with Crippen molar-refractivity contribution < 1.29 is 4.52 Å². The van der Waals surface area contributed by atoms with E-state index >= 15 is 0 Å². The van der Waals surface area contributed by atoms with Gasteiger partial charge >= 0.3 is 0 Å². The van der Waals surface area contributed by atoms with Crippen molar-refractivity contribution in [3.63, 3.8) is 0 Å². The Labute approximate surface area is 125 Å². The maximum absolute atomic E-state index is 5.37. The number of aromatic nitrogens is 7. The zero-order chi connectivity index (χ0) is 15.3. The van der Waals surface area contributed by atoms with Crippen molar-refractivity contribution in [3.05, 3.63) is 35.9 Å². The van der Waals surface area contributed by atoms with Gasteiger partial charge in [-0.05, 0) is 19.9 Å². The average Bonchev–Trinajstić information content (AvgIpc) is 3.20. The highest BCUT2D eigenvalue weighted by molar-refractivity contribution is 5.60. The highest BCUT2D eigenvalue weighted by Crippen LogP contribution is 2.24. The molecule has 22 heavy (non-hydrogen) atoms. The van der Waals surface area contributed by atoms with Gasteiger partial charge in [-0.3, -0.25) is 4.68 Å². The van der Waals surface area contributed by atoms with Crippen molar-refractivity contribution in [3.8, 4) is 23.0 Å². The van der Waals surface area contributed by atoms with Crippen LogP contribution in [0.4, 0.5) is 0 Å². The maximum atomic E-state index is 5.37. The molecule has 8 heteroatoms. The molecule has 0 saturated carbocycles. The highest BCUT2D eigenvalue weighted by Gasteiger charge is 2.17. The second-order valence-electron chi connectivity index (χ2n) is 5.08. The van der Waals surface area contributed by atoms with Gasteiger partial charge in [-0.25, -0.2) is 9.50 Å². The Morgan fingerprint density at radius 3 is 2.86 bits per heavy atom. The van der Waals surface area contributed by atoms with Crippen molar-refractivity contribution in [1.82, 2.24) is 34.5 Å². The van der Waals surface area contributed by atoms with Crippen molar-refractivity contribution in [2.24, 2.45) is 7.05 Å². The Morgan fingerprint density at radius 2 is 2.09 bits per heavy atom. The number of rotatable bonds is 2. The normalized spacial score (nSPS) is 11.4. The zero-order valence-electron chi connectivity index (χ0n) is 12.3. The van der Waals surface area contributed by atoms with E-state index in [0.717, 1.165) is 22.6 Å². The van der Waals surface area contributed by atoms with Crippen LogP contribution in [0.15, 0.2) is 29.0 Å². The van der Waals surface area contributed by atoms with Crippen LogP contribution in [0, 0.1) is 13.8 Å². The molecule has 0 unspecified atom stereocenters. The largest absolute Gasteiger partial charge is 0.333 e. The molecular formula is C14H13N7O. The molecule has 8 nitrogen and oxygen atoms in total. The predicted molar refractivity (Wildman–Crippen MR) is 78.0 cm³/mol. The molecule has 4 rings (SSSR count). The van der Waals surface area contributed by atoms with Gasteiger partial charge in [0.25, 0.3) is 5.89 Å². The van der Waals surface area contributed by atoms with E-state index in [1.807, 2.05) is 33.0 Å². The van der Waals surface area contributed by atoms with Crippen molar-refractivity contribution in [1.29, 1.82) is 0 Å². The first kappa shape index (κ1) is 12.7. The third-order valence-corrected chi connectivity index (χ3v) is 3.66. The van der Waals surface area contributed by atoms with Crippen LogP contribution in [0.2, 0.25) is 0 Å². The summed E-state index contributed by atoms with van der Waals surface area (Å²) in [5.41, 5.74) is 4.13. The molecule has 0 radical (unpaired) electrons. The van der Waals surface area contributed by atoms with Gasteiger partial charge in [-0.2, -0.15) is 15.2 Å². The van der Waals surface area contributed by atoms with Crippen LogP contribution in [0.3, 0.4) is 0 Å². The van der Waals surface area contributed by atoms with Crippen LogP contribution in [0.5, 0.6) is 0 Å². The fourth-order valence-corrected chi connectivity index (χ4v) is 2.31. The number of hydrogen-bond donors (Lipinski definition) is 0. The molecule has 110 valence electrons. The van der Waals surface area contributed by atoms with Gasteiger partial charge in [0.15, 0.2) is 5.65 Å². The predicted octanol–water partition coefficient (Wildman–Crippen LogP) is 1.80. The number of fused-ring (bicyclic) bond motifs is 1. The molecule has 0 fully saturated rings. The third-order valence-electron chi connectivity index (χ3n) is 3.66. The summed E-state index contributed by atoms with van der Waals surface area (Å²) < 4.78 is 8.88. The lowest BCUT2D eigenvalue weighted by molar-refractivity contribution is 0.431. The Bertz CT molecular complexity index is 959. The minimum atomic E-state index is 0.403. The molecule has 4 aromatic rings. The third kappa shape index (κ3) is 1.80. The second-order valence-corrected chi connectivity index (χ2v) is 5.08. The van der Waals surface area contributed by atoms with Gasteiger partial charge < -0.3 is 4.52 Å². The standard InChI is InChI=1S/C14H13N7O/c1-8-6-11(18-20(8)3)13-17-14(22-19-13)10-7-15-12-4-5-16-21(12)9(10)2/h4-7H,1-3H3. The van der Waals surface area contributed by atoms with Gasteiger partial charge in [0.2, 0.25) is 5.82 Å². The van der Waals surface area contributed by atoms with Crippen molar-refractivity contribution in [2.45, 2.75) is 13.8 Å². The first-order valence-electron chi connectivity index (χ1n) is 6.78. The molecule has 4 aromatic heterocycles. The van der Waals surface area contributed by atoms with Gasteiger partial charge in [-0.15, -0.1) is 0 Å². The molecule has 0 saturated heterocycles. The minimum Gasteiger partial charge on any atom is -0.333 e. The van der Waals surface area contributed by atoms with E-state index in [1.54, 1.807) is 21.6 Å². The Kier molecular flexibility index (Phi) is 2.59. The molecule has 0 aliphatic carbocycles. The smallest absolute Gasteiger partial charge is 0.261 e. The molecule has 0 bridgehead atoms. The van der Waals surface area contributed by atoms with E-state index in [9.17, 15) is 0 Å². The van der Waals surface area contributed by atoms with Crippen LogP contribution in [-0.2, 0) is 7.05 Å². The minimum absolute atomic E-state index is 0.403. The molecule has 0 aromatic carbocycles. The molecular weight excluding hydrogens is 282 g/mol. The summed E-state index contributed by atoms with van der Waals surface area (Å²) in [7, 11) is 1.87. The Balaban J connectivity index is 1.81. The number of hydrogen-bond acceptors (Lipinski definition) is 6. The van der Waals surface area contributed by atoms with Crippen LogP contribution in [0.25, 0.3) is 28.6 Å². The zero-order valence-corrected chi connectivity index (χ0v) is 12.3. The molecule has 0 atom stereocenters. The van der Waals surface area contributed by atoms with Crippen molar-refractivity contribution in [2.75, 3.05) is 0 Å². The van der Waals surface area contributed by atoms with Gasteiger partial charge in [0.1, 0.15) is 5.69 Å². The van der Waals surface area contributed by atoms with E-state index in [2.05, 4.69) is 25.3 Å². The average molecular weight is 295 g/mol. The fourth-order valence-electron chi connectivity index (χ4n) is 2.31. The van der Waals surface area contributed by atoms with E-state index in [0.29, 0.717) is 17.4 Å². The SMILES string of the molecule is Cc1cc(-c2noc(-c3cnc4ccnn4c3C)n2)nn1C. The Morgan fingerprint density at radius 1 is 1.23 bits per heavy atom. The summed E-state index contributed by atoms with van der Waals surface area (Å²) in [6.07, 6.45) is 3.42. The van der Waals surface area contributed by atoms with E-state index in [-0.39, 0.29) is 0 Å².